The molecule has 6 nitrogen and oxygen atoms in total. The molecule has 3 N–H and O–H groups in total. The number of hydrogen-bond donors (Lipinski definition) is 2. The quantitative estimate of drug-likeness (QED) is 0.661. The molecule has 1 heterocycles. The fourth-order valence-corrected chi connectivity index (χ4v) is 3.18. The van der Waals surface area contributed by atoms with E-state index in [0.29, 0.717) is 11.3 Å². The molecule has 1 aromatic heterocycles. The van der Waals surface area contributed by atoms with Crippen LogP contribution in [0.4, 0.5) is 11.4 Å². The van der Waals surface area contributed by atoms with Crippen LogP contribution in [0.3, 0.4) is 0 Å². The minimum Gasteiger partial charge on any atom is -0.399 e. The zero-order chi connectivity index (χ0) is 14.8. The van der Waals surface area contributed by atoms with Gasteiger partial charge in [0.25, 0.3) is 0 Å². The van der Waals surface area contributed by atoms with Crippen LogP contribution >= 0.6 is 23.2 Å². The summed E-state index contributed by atoms with van der Waals surface area (Å²) in [4.78, 5) is 7.34. The Labute approximate surface area is 126 Å². The van der Waals surface area contributed by atoms with Crippen molar-refractivity contribution in [2.24, 2.45) is 0 Å². The molecular weight excluding hydrogens is 323 g/mol. The van der Waals surface area contributed by atoms with E-state index in [1.54, 1.807) is 24.3 Å². The molecular formula is C11H10Cl2N4O2S. The Morgan fingerprint density at radius 2 is 1.65 bits per heavy atom. The molecule has 0 atom stereocenters. The summed E-state index contributed by atoms with van der Waals surface area (Å²) in [5.74, 6) is -0.241. The molecule has 1 aromatic carbocycles. The number of nitrogens with zero attached hydrogens (tertiary/aromatic N) is 2. The van der Waals surface area contributed by atoms with Crippen LogP contribution < -0.4 is 10.5 Å². The van der Waals surface area contributed by atoms with Gasteiger partial charge in [-0.3, -0.25) is 4.72 Å². The number of halogens is 2. The molecule has 0 saturated heterocycles. The van der Waals surface area contributed by atoms with Crippen molar-refractivity contribution in [3.8, 4) is 0 Å². The molecule has 9 heteroatoms. The first-order valence-electron chi connectivity index (χ1n) is 5.38. The lowest BCUT2D eigenvalue weighted by molar-refractivity contribution is 0.600. The first-order chi connectivity index (χ1) is 9.37. The number of anilines is 2. The van der Waals surface area contributed by atoms with Gasteiger partial charge in [-0.1, -0.05) is 35.3 Å². The Kier molecular flexibility index (Phi) is 4.32. The number of rotatable bonds is 4. The maximum atomic E-state index is 12.0. The third-order valence-electron chi connectivity index (χ3n) is 2.35. The lowest BCUT2D eigenvalue weighted by Gasteiger charge is -2.10. The Morgan fingerprint density at radius 1 is 1.10 bits per heavy atom. The minimum atomic E-state index is -3.69. The molecule has 0 unspecified atom stereocenters. The third kappa shape index (κ3) is 3.72. The monoisotopic (exact) mass is 332 g/mol. The highest BCUT2D eigenvalue weighted by Gasteiger charge is 2.17. The van der Waals surface area contributed by atoms with Gasteiger partial charge in [0.2, 0.25) is 10.0 Å². The molecule has 0 radical (unpaired) electrons. The fourth-order valence-electron chi connectivity index (χ4n) is 1.45. The van der Waals surface area contributed by atoms with E-state index < -0.39 is 10.0 Å². The van der Waals surface area contributed by atoms with Crippen LogP contribution in [-0.4, -0.2) is 18.4 Å². The van der Waals surface area contributed by atoms with Crippen molar-refractivity contribution in [3.63, 3.8) is 0 Å². The number of nitrogens with two attached hydrogens (primary N) is 1. The highest BCUT2D eigenvalue weighted by atomic mass is 35.5. The standard InChI is InChI=1S/C11H10Cl2N4O2S/c12-10-9(11(13)16-6-15-10)17-20(18,19)5-7-1-3-8(14)4-2-7/h1-4,6,17H,5,14H2. The van der Waals surface area contributed by atoms with Crippen molar-refractivity contribution < 1.29 is 8.42 Å². The van der Waals surface area contributed by atoms with Gasteiger partial charge in [-0.2, -0.15) is 0 Å². The number of nitrogens with one attached hydrogen (secondary N) is 1. The van der Waals surface area contributed by atoms with Crippen LogP contribution in [-0.2, 0) is 15.8 Å². The maximum absolute atomic E-state index is 12.0. The average Bonchev–Trinajstić information content (AvgIpc) is 2.37. The van der Waals surface area contributed by atoms with Gasteiger partial charge < -0.3 is 5.73 Å². The second-order valence-electron chi connectivity index (χ2n) is 3.93. The van der Waals surface area contributed by atoms with Gasteiger partial charge >= 0.3 is 0 Å². The van der Waals surface area contributed by atoms with Crippen molar-refractivity contribution in [2.45, 2.75) is 5.75 Å². The first-order valence-corrected chi connectivity index (χ1v) is 7.79. The van der Waals surface area contributed by atoms with Crippen molar-refractivity contribution in [1.29, 1.82) is 0 Å². The van der Waals surface area contributed by atoms with E-state index in [2.05, 4.69) is 14.7 Å². The summed E-state index contributed by atoms with van der Waals surface area (Å²) in [6.07, 6.45) is 1.14. The maximum Gasteiger partial charge on any atom is 0.237 e. The largest absolute Gasteiger partial charge is 0.399 e. The van der Waals surface area contributed by atoms with E-state index >= 15 is 0 Å². The molecule has 0 saturated carbocycles. The van der Waals surface area contributed by atoms with Gasteiger partial charge in [-0.15, -0.1) is 0 Å². The third-order valence-corrected chi connectivity index (χ3v) is 4.15. The number of sulfonamides is 1. The second kappa shape index (κ2) is 5.82. The lowest BCUT2D eigenvalue weighted by Crippen LogP contribution is -2.16. The van der Waals surface area contributed by atoms with Crippen LogP contribution in [0.25, 0.3) is 0 Å². The van der Waals surface area contributed by atoms with E-state index in [9.17, 15) is 8.42 Å². The minimum absolute atomic E-state index is 0.0359. The summed E-state index contributed by atoms with van der Waals surface area (Å²) in [5.41, 5.74) is 6.64. The Bertz CT molecular complexity index is 699. The molecule has 2 aromatic rings. The van der Waals surface area contributed by atoms with Gasteiger partial charge in [-0.05, 0) is 17.7 Å². The van der Waals surface area contributed by atoms with Crippen LogP contribution in [0.15, 0.2) is 30.6 Å². The summed E-state index contributed by atoms with van der Waals surface area (Å²) < 4.78 is 26.4. The number of benzene rings is 1. The second-order valence-corrected chi connectivity index (χ2v) is 6.37. The van der Waals surface area contributed by atoms with E-state index in [1.165, 1.54) is 0 Å². The topological polar surface area (TPSA) is 98.0 Å². The highest BCUT2D eigenvalue weighted by Crippen LogP contribution is 2.27. The van der Waals surface area contributed by atoms with Gasteiger partial charge in [-0.25, -0.2) is 18.4 Å². The zero-order valence-electron chi connectivity index (χ0n) is 10.0. The molecule has 0 aliphatic heterocycles. The van der Waals surface area contributed by atoms with E-state index in [1.807, 2.05) is 0 Å². The van der Waals surface area contributed by atoms with Crippen molar-refractivity contribution >= 4 is 44.6 Å². The van der Waals surface area contributed by atoms with Crippen LogP contribution in [0, 0.1) is 0 Å². The molecule has 0 spiro atoms. The molecule has 0 bridgehead atoms. The SMILES string of the molecule is Nc1ccc(CS(=O)(=O)Nc2c(Cl)ncnc2Cl)cc1. The molecule has 20 heavy (non-hydrogen) atoms. The molecule has 0 fully saturated rings. The molecule has 0 aliphatic rings. The van der Waals surface area contributed by atoms with Gasteiger partial charge in [0.1, 0.15) is 12.0 Å². The van der Waals surface area contributed by atoms with Crippen molar-refractivity contribution in [2.75, 3.05) is 10.5 Å². The number of hydrogen-bond acceptors (Lipinski definition) is 5. The summed E-state index contributed by atoms with van der Waals surface area (Å²) in [5, 5.41) is -0.128. The molecule has 2 rings (SSSR count). The Hall–Kier alpha value is -1.57. The van der Waals surface area contributed by atoms with E-state index in [-0.39, 0.29) is 21.7 Å². The van der Waals surface area contributed by atoms with Crippen LogP contribution in [0.5, 0.6) is 0 Å². The Morgan fingerprint density at radius 3 is 2.20 bits per heavy atom. The van der Waals surface area contributed by atoms with E-state index in [4.69, 9.17) is 28.9 Å². The average molecular weight is 333 g/mol. The van der Waals surface area contributed by atoms with E-state index in [0.717, 1.165) is 6.33 Å². The normalized spacial score (nSPS) is 11.3. The summed E-state index contributed by atoms with van der Waals surface area (Å²) in [6.45, 7) is 0. The van der Waals surface area contributed by atoms with Gasteiger partial charge in [0.05, 0.1) is 5.75 Å². The summed E-state index contributed by atoms with van der Waals surface area (Å²) >= 11 is 11.6. The number of nitrogen functional groups attached to an aromatic ring is 1. The Balaban J connectivity index is 2.21. The smallest absolute Gasteiger partial charge is 0.237 e. The number of aromatic nitrogens is 2. The summed E-state index contributed by atoms with van der Waals surface area (Å²) in [6, 6.07) is 6.49. The van der Waals surface area contributed by atoms with Crippen LogP contribution in [0.2, 0.25) is 10.3 Å². The van der Waals surface area contributed by atoms with Gasteiger partial charge in [0.15, 0.2) is 10.3 Å². The predicted octanol–water partition coefficient (Wildman–Crippen LogP) is 2.31. The first kappa shape index (κ1) is 14.8. The van der Waals surface area contributed by atoms with Crippen LogP contribution in [0.1, 0.15) is 5.56 Å². The summed E-state index contributed by atoms with van der Waals surface area (Å²) in [7, 11) is -3.69. The molecule has 106 valence electrons. The van der Waals surface area contributed by atoms with Crippen molar-refractivity contribution in [3.05, 3.63) is 46.5 Å². The highest BCUT2D eigenvalue weighted by molar-refractivity contribution is 7.91. The fraction of sp³-hybridized carbons (Fsp3) is 0.0909. The zero-order valence-corrected chi connectivity index (χ0v) is 12.4. The molecule has 0 amide bonds. The lowest BCUT2D eigenvalue weighted by atomic mass is 10.2. The van der Waals surface area contributed by atoms with Crippen molar-refractivity contribution in [1.82, 2.24) is 9.97 Å². The van der Waals surface area contributed by atoms with Gasteiger partial charge in [0, 0.05) is 5.69 Å². The molecule has 0 aliphatic carbocycles. The predicted molar refractivity (Wildman–Crippen MR) is 79.2 cm³/mol.